The molecule has 0 aliphatic carbocycles. The first-order valence-electron chi connectivity index (χ1n) is 20.3. The maximum Gasteiger partial charge on any atom is 0.344 e. The number of carboxylic acid groups (broad SMARTS) is 1. The third kappa shape index (κ3) is 10.9. The van der Waals surface area contributed by atoms with Crippen LogP contribution in [0.5, 0.6) is 34.5 Å². The average Bonchev–Trinajstić information content (AvgIpc) is 3.26. The van der Waals surface area contributed by atoms with Crippen molar-refractivity contribution in [3.63, 3.8) is 0 Å². The second-order valence-electron chi connectivity index (χ2n) is 15.0. The smallest absolute Gasteiger partial charge is 0.344 e. The van der Waals surface area contributed by atoms with E-state index in [-0.39, 0.29) is 53.2 Å². The lowest BCUT2D eigenvalue weighted by atomic mass is 9.80. The number of ether oxygens (including phenoxy) is 6. The minimum Gasteiger partial charge on any atom is -0.504 e. The number of hydrogen-bond donors (Lipinski definition) is 12. The molecule has 2 aliphatic rings. The summed E-state index contributed by atoms with van der Waals surface area (Å²) in [4.78, 5) is 30.2. The number of esters is 1. The Morgan fingerprint density at radius 3 is 2.44 bits per heavy atom. The minimum atomic E-state index is -2.48. The highest BCUT2D eigenvalue weighted by molar-refractivity contribution is 5.97. The molecule has 21 nitrogen and oxygen atoms in total. The lowest BCUT2D eigenvalue weighted by Gasteiger charge is -2.50. The van der Waals surface area contributed by atoms with Gasteiger partial charge in [-0.15, -0.1) is 0 Å². The summed E-state index contributed by atoms with van der Waals surface area (Å²) in [6.45, 7) is 3.00. The number of hydrogen-bond acceptors (Lipinski definition) is 18. The summed E-state index contributed by atoms with van der Waals surface area (Å²) in [5.74, 6) is -5.72. The van der Waals surface area contributed by atoms with E-state index in [0.717, 1.165) is 29.7 Å². The number of phenolic OH excluding ortho intramolecular Hbond substituents is 2. The van der Waals surface area contributed by atoms with Gasteiger partial charge in [-0.05, 0) is 50.2 Å². The van der Waals surface area contributed by atoms with Crippen molar-refractivity contribution in [3.8, 4) is 34.5 Å². The predicted octanol–water partition coefficient (Wildman–Crippen LogP) is 0.473. The largest absolute Gasteiger partial charge is 0.504 e. The highest BCUT2D eigenvalue weighted by atomic mass is 16.7. The quantitative estimate of drug-likeness (QED) is 0.0337. The number of benzene rings is 3. The third-order valence-corrected chi connectivity index (χ3v) is 10.7. The Morgan fingerprint density at radius 2 is 1.76 bits per heavy atom. The van der Waals surface area contributed by atoms with Crippen molar-refractivity contribution in [1.29, 1.82) is 0 Å². The number of aromatic carboxylic acids is 1. The zero-order chi connectivity index (χ0) is 46.0. The summed E-state index contributed by atoms with van der Waals surface area (Å²) in [6, 6.07) is 9.26. The maximum atomic E-state index is 13.8. The average molecular weight is 889 g/mol. The van der Waals surface area contributed by atoms with Crippen molar-refractivity contribution in [3.05, 3.63) is 64.2 Å². The molecule has 13 N–H and O–H groups in total. The van der Waals surface area contributed by atoms with Crippen LogP contribution in [0.2, 0.25) is 0 Å². The summed E-state index contributed by atoms with van der Waals surface area (Å²) in [7, 11) is 1.19. The van der Waals surface area contributed by atoms with E-state index in [0.29, 0.717) is 25.8 Å². The Morgan fingerprint density at radius 1 is 1.02 bits per heavy atom. The molecule has 0 bridgehead atoms. The Labute approximate surface area is 362 Å². The molecule has 0 unspecified atom stereocenters. The number of guanidine groups is 1. The SMILES string of the molecule is CCc1cccc(CCOc2c(O)c(OC)c3c(c2O)C(=O)O[C@@H](O)[C@@]2(CC3)O[C@@H](Oc3cc(N[C@H](C)CO)c(C(=O)O)cc3OCN=C(N)NCCCCO)[C@H](O)[C@@H](O)[C@@H]2O)c1. The van der Waals surface area contributed by atoms with Crippen LogP contribution in [0, 0.1) is 0 Å². The number of cyclic esters (lactones) is 1. The number of aromatic hydroxyl groups is 2. The number of carbonyl (C=O) groups is 2. The molecule has 5 rings (SSSR count). The van der Waals surface area contributed by atoms with Crippen LogP contribution in [0.4, 0.5) is 5.69 Å². The van der Waals surface area contributed by atoms with Gasteiger partial charge in [-0.3, -0.25) is 0 Å². The number of anilines is 1. The van der Waals surface area contributed by atoms with Crippen molar-refractivity contribution in [2.24, 2.45) is 10.7 Å². The van der Waals surface area contributed by atoms with Crippen LogP contribution in [0.25, 0.3) is 0 Å². The molecular weight excluding hydrogens is 832 g/mol. The van der Waals surface area contributed by atoms with Crippen LogP contribution >= 0.6 is 0 Å². The number of carbonyl (C=O) groups excluding carboxylic acids is 1. The molecule has 0 saturated carbocycles. The highest BCUT2D eigenvalue weighted by Gasteiger charge is 2.60. The number of aliphatic hydroxyl groups excluding tert-OH is 6. The van der Waals surface area contributed by atoms with Gasteiger partial charge in [0.15, 0.2) is 41.3 Å². The van der Waals surface area contributed by atoms with E-state index in [1.807, 2.05) is 31.2 Å². The Balaban J connectivity index is 1.47. The summed E-state index contributed by atoms with van der Waals surface area (Å²) in [6.07, 6.45) is -9.47. The first-order chi connectivity index (χ1) is 30.1. The fourth-order valence-electron chi connectivity index (χ4n) is 7.20. The van der Waals surface area contributed by atoms with Gasteiger partial charge in [-0.1, -0.05) is 31.2 Å². The number of phenols is 2. The van der Waals surface area contributed by atoms with Gasteiger partial charge in [0.2, 0.25) is 24.1 Å². The minimum absolute atomic E-state index is 0.0103. The molecule has 7 atom stereocenters. The van der Waals surface area contributed by atoms with Crippen molar-refractivity contribution in [2.75, 3.05) is 45.5 Å². The molecule has 2 heterocycles. The topological polar surface area (TPSA) is 334 Å². The summed E-state index contributed by atoms with van der Waals surface area (Å²) in [5.41, 5.74) is 4.34. The maximum absolute atomic E-state index is 13.8. The number of carboxylic acids is 1. The number of nitrogens with two attached hydrogens (primary N) is 1. The lowest BCUT2D eigenvalue weighted by Crippen LogP contribution is -2.70. The molecule has 0 radical (unpaired) electrons. The molecule has 2 aliphatic heterocycles. The van der Waals surface area contributed by atoms with Gasteiger partial charge in [0.05, 0.1) is 31.6 Å². The van der Waals surface area contributed by atoms with E-state index in [9.17, 15) is 50.4 Å². The van der Waals surface area contributed by atoms with Gasteiger partial charge in [-0.2, -0.15) is 0 Å². The van der Waals surface area contributed by atoms with Crippen molar-refractivity contribution >= 4 is 23.6 Å². The standard InChI is InChI=1S/C42H56N4O17/c1-4-22-8-7-9-23(16-22)11-15-59-35-30(49)29-24(34(58-3)33(35)52)10-12-42(40(57)62-38(29)56)36(53)31(50)32(51)39(63-42)61-28-18-26(46-21(2)19-48)25(37(54)55)17-27(28)60-20-45-41(43)44-13-5-6-14-47/h7-9,16-18,21,31-32,36,39-40,46-53,57H,4-6,10-15,19-20H2,1-3H3,(H,54,55)(H3,43,44,45)/t21-,31-,32-,36+,39-,40-,42+/m1/s1. The number of nitrogens with zero attached hydrogens (tertiary/aromatic N) is 1. The number of aliphatic hydroxyl groups is 6. The van der Waals surface area contributed by atoms with Crippen molar-refractivity contribution in [2.45, 2.75) is 94.9 Å². The molecule has 346 valence electrons. The molecule has 1 saturated heterocycles. The number of nitrogens with one attached hydrogen (secondary N) is 2. The Kier molecular flexibility index (Phi) is 16.5. The summed E-state index contributed by atoms with van der Waals surface area (Å²) < 4.78 is 34.4. The van der Waals surface area contributed by atoms with E-state index in [1.165, 1.54) is 7.11 Å². The zero-order valence-electron chi connectivity index (χ0n) is 35.0. The first-order valence-corrected chi connectivity index (χ1v) is 20.3. The predicted molar refractivity (Wildman–Crippen MR) is 222 cm³/mol. The lowest BCUT2D eigenvalue weighted by molar-refractivity contribution is -0.357. The molecule has 1 fully saturated rings. The molecule has 63 heavy (non-hydrogen) atoms. The first kappa shape index (κ1) is 48.2. The summed E-state index contributed by atoms with van der Waals surface area (Å²) >= 11 is 0. The Bertz CT molecular complexity index is 2100. The molecule has 3 aromatic rings. The van der Waals surface area contributed by atoms with Gasteiger partial charge in [0.1, 0.15) is 23.9 Å². The van der Waals surface area contributed by atoms with Gasteiger partial charge in [0, 0.05) is 43.3 Å². The third-order valence-electron chi connectivity index (χ3n) is 10.7. The monoisotopic (exact) mass is 888 g/mol. The van der Waals surface area contributed by atoms with Crippen LogP contribution in [-0.4, -0.2) is 147 Å². The van der Waals surface area contributed by atoms with Crippen LogP contribution in [0.3, 0.4) is 0 Å². The highest BCUT2D eigenvalue weighted by Crippen LogP contribution is 2.51. The van der Waals surface area contributed by atoms with Crippen LogP contribution in [0.15, 0.2) is 41.4 Å². The van der Waals surface area contributed by atoms with Crippen molar-refractivity contribution in [1.82, 2.24) is 5.32 Å². The molecule has 0 aromatic heterocycles. The zero-order valence-corrected chi connectivity index (χ0v) is 35.0. The second-order valence-corrected chi connectivity index (χ2v) is 15.0. The molecule has 3 aromatic carbocycles. The molecular formula is C42H56N4O17. The van der Waals surface area contributed by atoms with Crippen molar-refractivity contribution < 1.29 is 84.0 Å². The number of rotatable bonds is 19. The van der Waals surface area contributed by atoms with Gasteiger partial charge < -0.3 is 90.7 Å². The number of aryl methyl sites for hydroxylation is 1. The number of methoxy groups -OCH3 is 1. The summed E-state index contributed by atoms with van der Waals surface area (Å²) in [5, 5.41) is 102. The normalized spacial score (nSPS) is 22.8. The fourth-order valence-corrected chi connectivity index (χ4v) is 7.20. The van der Waals surface area contributed by atoms with E-state index >= 15 is 0 Å². The molecule has 21 heteroatoms. The molecule has 1 spiro atoms. The Hall–Kier alpha value is -5.81. The second kappa shape index (κ2) is 21.5. The van der Waals surface area contributed by atoms with Crippen LogP contribution in [0.1, 0.15) is 70.5 Å². The van der Waals surface area contributed by atoms with Gasteiger partial charge in [0.25, 0.3) is 0 Å². The fraction of sp³-hybridized carbons (Fsp3) is 0.500. The van der Waals surface area contributed by atoms with Gasteiger partial charge >= 0.3 is 11.9 Å². The van der Waals surface area contributed by atoms with E-state index in [1.54, 1.807) is 6.92 Å². The van der Waals surface area contributed by atoms with E-state index < -0.39 is 103 Å². The number of unbranched alkanes of at least 4 members (excludes halogenated alkanes) is 1. The van der Waals surface area contributed by atoms with Gasteiger partial charge in [-0.25, -0.2) is 14.6 Å². The van der Waals surface area contributed by atoms with Crippen LogP contribution < -0.4 is 35.3 Å². The number of aliphatic imine (C=N–C) groups is 1. The van der Waals surface area contributed by atoms with E-state index in [4.69, 9.17) is 39.3 Å². The van der Waals surface area contributed by atoms with E-state index in [2.05, 4.69) is 15.6 Å². The van der Waals surface area contributed by atoms with Crippen LogP contribution in [-0.2, 0) is 28.7 Å². The molecule has 0 amide bonds. The number of fused-ring (bicyclic) bond motifs is 1.